The van der Waals surface area contributed by atoms with E-state index in [0.29, 0.717) is 27.8 Å². The highest BCUT2D eigenvalue weighted by atomic mass is 19.1. The van der Waals surface area contributed by atoms with Crippen molar-refractivity contribution in [2.45, 2.75) is 0 Å². The summed E-state index contributed by atoms with van der Waals surface area (Å²) in [5, 5.41) is 10.4. The number of ether oxygens (including phenoxy) is 1. The van der Waals surface area contributed by atoms with Crippen LogP contribution in [0.3, 0.4) is 0 Å². The van der Waals surface area contributed by atoms with Crippen LogP contribution >= 0.6 is 0 Å². The number of methoxy groups -OCH3 is 1. The van der Waals surface area contributed by atoms with E-state index in [9.17, 15) is 13.6 Å². The number of benzene rings is 3. The Morgan fingerprint density at radius 3 is 2.46 bits per heavy atom. The van der Waals surface area contributed by atoms with Crippen LogP contribution in [0.4, 0.5) is 20.3 Å². The van der Waals surface area contributed by atoms with E-state index in [4.69, 9.17) is 4.74 Å². The van der Waals surface area contributed by atoms with Gasteiger partial charge in [0.2, 0.25) is 0 Å². The normalized spacial score (nSPS) is 11.2. The Labute approximate surface area is 202 Å². The highest BCUT2D eigenvalue weighted by Crippen LogP contribution is 2.34. The molecule has 35 heavy (non-hydrogen) atoms. The number of nitrogens with zero attached hydrogens (tertiary/aromatic N) is 3. The number of aromatic nitrogens is 2. The fraction of sp³-hybridized carbons (Fsp3) is 0.231. The lowest BCUT2D eigenvalue weighted by atomic mass is 10.0. The standard InChI is InChI=1S/C26H27F2N5O2/c1-32(2)13-14-33(3)18-8-5-16(6-9-18)26(34)29-25-19-10-7-17(15-21(19)30-31-25)23-20(27)11-12-22(35-4)24(23)28/h5-12,15H,13-14H2,1-4H3,(H2,29,30,31,34). The van der Waals surface area contributed by atoms with Gasteiger partial charge in [0.25, 0.3) is 5.91 Å². The van der Waals surface area contributed by atoms with Gasteiger partial charge < -0.3 is 19.9 Å². The predicted molar refractivity (Wildman–Crippen MR) is 134 cm³/mol. The Balaban J connectivity index is 1.53. The number of hydrogen-bond donors (Lipinski definition) is 2. The molecule has 0 aliphatic heterocycles. The fourth-order valence-corrected chi connectivity index (χ4v) is 3.75. The van der Waals surface area contributed by atoms with Gasteiger partial charge in [0.05, 0.1) is 18.2 Å². The molecule has 7 nitrogen and oxygen atoms in total. The second-order valence-electron chi connectivity index (χ2n) is 8.50. The summed E-state index contributed by atoms with van der Waals surface area (Å²) in [6.45, 7) is 1.78. The van der Waals surface area contributed by atoms with Crippen molar-refractivity contribution in [1.82, 2.24) is 15.1 Å². The van der Waals surface area contributed by atoms with E-state index in [2.05, 4.69) is 25.3 Å². The molecule has 0 saturated heterocycles. The highest BCUT2D eigenvalue weighted by Gasteiger charge is 2.18. The number of nitrogens with one attached hydrogen (secondary N) is 2. The molecule has 0 spiro atoms. The van der Waals surface area contributed by atoms with Gasteiger partial charge >= 0.3 is 0 Å². The number of hydrogen-bond acceptors (Lipinski definition) is 5. The van der Waals surface area contributed by atoms with Crippen molar-refractivity contribution in [2.24, 2.45) is 0 Å². The molecule has 4 aromatic rings. The van der Waals surface area contributed by atoms with Crippen LogP contribution in [-0.2, 0) is 0 Å². The van der Waals surface area contributed by atoms with Crippen LogP contribution < -0.4 is 15.0 Å². The van der Waals surface area contributed by atoms with Gasteiger partial charge in [0.1, 0.15) is 5.82 Å². The van der Waals surface area contributed by atoms with Crippen molar-refractivity contribution in [3.8, 4) is 16.9 Å². The second-order valence-corrected chi connectivity index (χ2v) is 8.50. The summed E-state index contributed by atoms with van der Waals surface area (Å²) in [6, 6.07) is 14.5. The maximum atomic E-state index is 14.7. The maximum Gasteiger partial charge on any atom is 0.256 e. The molecule has 0 radical (unpaired) electrons. The average molecular weight is 480 g/mol. The van der Waals surface area contributed by atoms with Crippen LogP contribution in [0, 0.1) is 11.6 Å². The van der Waals surface area contributed by atoms with Crippen LogP contribution in [0.1, 0.15) is 10.4 Å². The van der Waals surface area contributed by atoms with E-state index in [1.807, 2.05) is 33.3 Å². The minimum absolute atomic E-state index is 0.0472. The Morgan fingerprint density at radius 1 is 1.03 bits per heavy atom. The van der Waals surface area contributed by atoms with Crippen molar-refractivity contribution in [3.63, 3.8) is 0 Å². The Bertz CT molecular complexity index is 1350. The quantitative estimate of drug-likeness (QED) is 0.381. The van der Waals surface area contributed by atoms with Crippen molar-refractivity contribution in [1.29, 1.82) is 0 Å². The van der Waals surface area contributed by atoms with Gasteiger partial charge in [0.15, 0.2) is 17.4 Å². The van der Waals surface area contributed by atoms with E-state index in [-0.39, 0.29) is 17.2 Å². The van der Waals surface area contributed by atoms with Gasteiger partial charge in [-0.25, -0.2) is 8.78 Å². The van der Waals surface area contributed by atoms with Gasteiger partial charge in [0, 0.05) is 36.8 Å². The van der Waals surface area contributed by atoms with E-state index in [0.717, 1.165) is 24.8 Å². The van der Waals surface area contributed by atoms with Crippen LogP contribution in [0.2, 0.25) is 0 Å². The van der Waals surface area contributed by atoms with Crippen LogP contribution in [-0.4, -0.2) is 62.3 Å². The molecule has 1 aromatic heterocycles. The lowest BCUT2D eigenvalue weighted by Gasteiger charge is -2.21. The summed E-state index contributed by atoms with van der Waals surface area (Å²) < 4.78 is 34.0. The zero-order chi connectivity index (χ0) is 25.1. The van der Waals surface area contributed by atoms with Crippen molar-refractivity contribution in [2.75, 3.05) is 51.6 Å². The van der Waals surface area contributed by atoms with Crippen LogP contribution in [0.15, 0.2) is 54.6 Å². The lowest BCUT2D eigenvalue weighted by molar-refractivity contribution is 0.102. The van der Waals surface area contributed by atoms with Crippen molar-refractivity contribution < 1.29 is 18.3 Å². The van der Waals surface area contributed by atoms with E-state index in [1.54, 1.807) is 30.3 Å². The molecule has 1 heterocycles. The van der Waals surface area contributed by atoms with E-state index < -0.39 is 11.6 Å². The minimum atomic E-state index is -0.782. The molecule has 1 amide bonds. The van der Waals surface area contributed by atoms with Crippen LogP contribution in [0.5, 0.6) is 5.75 Å². The molecule has 182 valence electrons. The second kappa shape index (κ2) is 10.1. The van der Waals surface area contributed by atoms with Crippen LogP contribution in [0.25, 0.3) is 22.0 Å². The molecule has 9 heteroatoms. The summed E-state index contributed by atoms with van der Waals surface area (Å²) in [5.74, 6) is -1.51. The smallest absolute Gasteiger partial charge is 0.256 e. The highest BCUT2D eigenvalue weighted by molar-refractivity contribution is 6.08. The zero-order valence-electron chi connectivity index (χ0n) is 20.0. The maximum absolute atomic E-state index is 14.7. The molecular weight excluding hydrogens is 452 g/mol. The molecule has 4 rings (SSSR count). The summed E-state index contributed by atoms with van der Waals surface area (Å²) >= 11 is 0. The summed E-state index contributed by atoms with van der Waals surface area (Å²) in [4.78, 5) is 17.0. The number of rotatable bonds is 8. The van der Waals surface area contributed by atoms with Gasteiger partial charge in [-0.1, -0.05) is 6.07 Å². The summed E-state index contributed by atoms with van der Waals surface area (Å²) in [7, 11) is 7.38. The van der Waals surface area contributed by atoms with E-state index >= 15 is 0 Å². The SMILES string of the molecule is COc1ccc(F)c(-c2ccc3c(NC(=O)c4ccc(N(C)CCN(C)C)cc4)n[nH]c3c2)c1F. The first-order valence-electron chi connectivity index (χ1n) is 11.1. The van der Waals surface area contributed by atoms with E-state index in [1.165, 1.54) is 13.2 Å². The van der Waals surface area contributed by atoms with Crippen molar-refractivity contribution in [3.05, 3.63) is 71.8 Å². The Morgan fingerprint density at radius 2 is 1.77 bits per heavy atom. The van der Waals surface area contributed by atoms with Gasteiger partial charge in [-0.15, -0.1) is 0 Å². The number of likely N-dealkylation sites (N-methyl/N-ethyl adjacent to an activating group) is 2. The molecule has 0 saturated carbocycles. The fourth-order valence-electron chi connectivity index (χ4n) is 3.75. The molecule has 0 unspecified atom stereocenters. The molecule has 0 aliphatic carbocycles. The first kappa shape index (κ1) is 24.2. The number of carbonyl (C=O) groups excluding carboxylic acids is 1. The topological polar surface area (TPSA) is 73.5 Å². The molecule has 2 N–H and O–H groups in total. The summed E-state index contributed by atoms with van der Waals surface area (Å²) in [5.41, 5.74) is 2.16. The molecule has 0 fully saturated rings. The van der Waals surface area contributed by atoms with Gasteiger partial charge in [-0.05, 0) is 68.2 Å². The molecule has 0 aliphatic rings. The van der Waals surface area contributed by atoms with Gasteiger partial charge in [-0.2, -0.15) is 5.10 Å². The number of anilines is 2. The first-order valence-corrected chi connectivity index (χ1v) is 11.1. The number of aromatic amines is 1. The van der Waals surface area contributed by atoms with Crippen molar-refractivity contribution >= 4 is 28.3 Å². The average Bonchev–Trinajstić information content (AvgIpc) is 3.24. The Kier molecular flexibility index (Phi) is 6.97. The third-order valence-corrected chi connectivity index (χ3v) is 5.81. The number of H-pyrrole nitrogens is 1. The number of carbonyl (C=O) groups is 1. The molecule has 0 atom stereocenters. The minimum Gasteiger partial charge on any atom is -0.494 e. The molecular formula is C26H27F2N5O2. The monoisotopic (exact) mass is 479 g/mol. The first-order chi connectivity index (χ1) is 16.8. The third kappa shape index (κ3) is 5.09. The molecule has 3 aromatic carbocycles. The summed E-state index contributed by atoms with van der Waals surface area (Å²) in [6.07, 6.45) is 0. The number of halogens is 2. The third-order valence-electron chi connectivity index (χ3n) is 5.81. The number of amides is 1. The van der Waals surface area contributed by atoms with Gasteiger partial charge in [-0.3, -0.25) is 9.89 Å². The number of fused-ring (bicyclic) bond motifs is 1. The molecule has 0 bridgehead atoms. The largest absolute Gasteiger partial charge is 0.494 e. The zero-order valence-corrected chi connectivity index (χ0v) is 20.0. The predicted octanol–water partition coefficient (Wildman–Crippen LogP) is 4.77. The lowest BCUT2D eigenvalue weighted by Crippen LogP contribution is -2.28. The Hall–Kier alpha value is -3.98.